The normalized spacial score (nSPS) is 12.2. The zero-order chi connectivity index (χ0) is 49.9. The monoisotopic (exact) mass is 953 g/mol. The van der Waals surface area contributed by atoms with Crippen molar-refractivity contribution in [3.8, 4) is 143 Å². The molecule has 11 rings (SSSR count). The zero-order valence-corrected chi connectivity index (χ0v) is 33.0. The third kappa shape index (κ3) is 4.29. The third-order valence-corrected chi connectivity index (χ3v) is 12.2. The van der Waals surface area contributed by atoms with Gasteiger partial charge >= 0.3 is 0 Å². The van der Waals surface area contributed by atoms with Gasteiger partial charge in [-0.3, -0.25) is 4.40 Å². The van der Waals surface area contributed by atoms with Crippen molar-refractivity contribution in [2.75, 3.05) is 0 Å². The topological polar surface area (TPSA) is 509 Å². The molecule has 23 N–H and O–H groups in total. The highest BCUT2D eigenvalue weighted by atomic mass is 16.4. The second kappa shape index (κ2) is 12.3. The summed E-state index contributed by atoms with van der Waals surface area (Å²) in [4.78, 5) is 8.42. The molecule has 0 spiro atoms. The van der Waals surface area contributed by atoms with E-state index in [0.717, 1.165) is 0 Å². The van der Waals surface area contributed by atoms with Gasteiger partial charge in [-0.15, -0.1) is 0 Å². The largest absolute Gasteiger partial charge is 0.506 e. The maximum atomic E-state index is 12.2. The number of hydrogen-bond donors (Lipinski definition) is 23. The van der Waals surface area contributed by atoms with Crippen LogP contribution in [0.2, 0.25) is 0 Å². The Bertz CT molecular complexity index is 4380. The third-order valence-electron chi connectivity index (χ3n) is 12.2. The SMILES string of the molecule is Oc1c(O)c(O)c(-c2c(O)c3oc4c(O)c(O)c5c6c(O)c(O)c(O)c(O)c6c6c(O)c(O)c(O)c7c(O)c(O)c8c(c76)c5c4n8c4nc5c(O)c(O)c(O)c(O)c5nc4c(c2O)c3O)c(O)c1O. The van der Waals surface area contributed by atoms with Gasteiger partial charge in [-0.1, -0.05) is 0 Å². The van der Waals surface area contributed by atoms with Crippen LogP contribution in [0, 0.1) is 0 Å². The Morgan fingerprint density at radius 1 is 0.232 bits per heavy atom. The Labute approximate surface area is 372 Å². The number of phenols is 23. The van der Waals surface area contributed by atoms with Gasteiger partial charge in [0.2, 0.25) is 57.3 Å². The first kappa shape index (κ1) is 40.9. The number of rotatable bonds is 1. The number of nitrogens with zero attached hydrogens (tertiary/aromatic N) is 3. The second-order valence-electron chi connectivity index (χ2n) is 15.5. The highest BCUT2D eigenvalue weighted by Gasteiger charge is 2.38. The van der Waals surface area contributed by atoms with Crippen LogP contribution in [0.15, 0.2) is 4.42 Å². The lowest BCUT2D eigenvalue weighted by molar-refractivity contribution is 0.329. The molecule has 0 saturated carbocycles. The average molecular weight is 954 g/mol. The minimum Gasteiger partial charge on any atom is -0.506 e. The number of benzene rings is 7. The second-order valence-corrected chi connectivity index (χ2v) is 15.5. The molecule has 0 fully saturated rings. The molecule has 0 saturated heterocycles. The molecule has 8 aromatic carbocycles. The average Bonchev–Trinajstić information content (AvgIpc) is 3.61. The molecule has 0 atom stereocenters. The summed E-state index contributed by atoms with van der Waals surface area (Å²) in [7, 11) is 0. The number of phenolic OH excluding ortho intramolecular Hbond substituents is 23. The fourth-order valence-electron chi connectivity index (χ4n) is 9.16. The van der Waals surface area contributed by atoms with Crippen molar-refractivity contribution < 1.29 is 122 Å². The molecule has 0 aliphatic rings. The molecular weight excluding hydrogens is 930 g/mol. The first-order valence-corrected chi connectivity index (χ1v) is 18.9. The van der Waals surface area contributed by atoms with E-state index in [0.29, 0.717) is 4.40 Å². The van der Waals surface area contributed by atoms with Crippen molar-refractivity contribution in [3.05, 3.63) is 0 Å². The van der Waals surface area contributed by atoms with Crippen molar-refractivity contribution in [1.82, 2.24) is 14.4 Å². The smallest absolute Gasteiger partial charge is 0.212 e. The lowest BCUT2D eigenvalue weighted by Gasteiger charge is -2.16. The van der Waals surface area contributed by atoms with Crippen molar-refractivity contribution in [2.45, 2.75) is 0 Å². The molecule has 3 aromatic heterocycles. The van der Waals surface area contributed by atoms with Gasteiger partial charge in [0, 0.05) is 37.7 Å². The Morgan fingerprint density at radius 2 is 0.609 bits per heavy atom. The number of aromatic nitrogens is 3. The first-order chi connectivity index (χ1) is 32.4. The quantitative estimate of drug-likeness (QED) is 0.0798. The number of fused-ring (bicyclic) bond motifs is 10. The summed E-state index contributed by atoms with van der Waals surface area (Å²) in [6.07, 6.45) is 0. The molecule has 27 heteroatoms. The van der Waals surface area contributed by atoms with Crippen molar-refractivity contribution in [2.24, 2.45) is 0 Å². The molecule has 350 valence electrons. The molecule has 0 aliphatic carbocycles. The lowest BCUT2D eigenvalue weighted by Crippen LogP contribution is -1.96. The van der Waals surface area contributed by atoms with Crippen LogP contribution in [0.3, 0.4) is 0 Å². The van der Waals surface area contributed by atoms with E-state index < -0.39 is 236 Å². The van der Waals surface area contributed by atoms with Gasteiger partial charge in [0.1, 0.15) is 33.3 Å². The molecule has 0 amide bonds. The van der Waals surface area contributed by atoms with Crippen LogP contribution in [0.1, 0.15) is 0 Å². The summed E-state index contributed by atoms with van der Waals surface area (Å²) in [6.45, 7) is 0. The van der Waals surface area contributed by atoms with Gasteiger partial charge in [-0.2, -0.15) is 0 Å². The molecule has 27 nitrogen and oxygen atoms in total. The van der Waals surface area contributed by atoms with Gasteiger partial charge in [0.05, 0.1) is 21.9 Å². The standard InChI is InChI=1S/C42H23N3O24/c46-17-9(10-24(53)34(63)38(67)35(64)25(10)54)26(55)41-27(56)11(17)12-42(44-14-13(43-12)28(57)36(65)37(66)29(14)58)45-15-2-1-4(18(47)31(60)23(52)8(1)22(51)30(15)59)6-7(20(49)33(62)32(61)19(6)48)5-3(2)16(45)40(69-41)39(68)21(5)50/h46-68H. The van der Waals surface area contributed by atoms with Crippen LogP contribution in [0.4, 0.5) is 0 Å². The predicted octanol–water partition coefficient (Wildman–Crippen LogP) is 4.44. The minimum absolute atomic E-state index is 0.533. The molecule has 0 radical (unpaired) electrons. The van der Waals surface area contributed by atoms with E-state index in [-0.39, 0.29) is 0 Å². The van der Waals surface area contributed by atoms with E-state index in [9.17, 15) is 117 Å². The van der Waals surface area contributed by atoms with E-state index in [2.05, 4.69) is 9.97 Å². The zero-order valence-electron chi connectivity index (χ0n) is 33.0. The summed E-state index contributed by atoms with van der Waals surface area (Å²) in [6, 6.07) is 0. The van der Waals surface area contributed by atoms with E-state index >= 15 is 0 Å². The van der Waals surface area contributed by atoms with Crippen molar-refractivity contribution >= 4 is 92.9 Å². The highest BCUT2D eigenvalue weighted by molar-refractivity contribution is 6.44. The summed E-state index contributed by atoms with van der Waals surface area (Å²) in [5.41, 5.74) is -11.7. The Balaban J connectivity index is 1.64. The van der Waals surface area contributed by atoms with Crippen LogP contribution in [-0.2, 0) is 0 Å². The molecule has 69 heavy (non-hydrogen) atoms. The molecule has 0 unspecified atom stereocenters. The minimum atomic E-state index is -1.64. The van der Waals surface area contributed by atoms with Gasteiger partial charge in [-0.25, -0.2) is 9.97 Å². The van der Waals surface area contributed by atoms with Crippen LogP contribution in [0.5, 0.6) is 132 Å². The number of hydrogen-bond acceptors (Lipinski definition) is 26. The van der Waals surface area contributed by atoms with Crippen LogP contribution < -0.4 is 0 Å². The Morgan fingerprint density at radius 3 is 1.16 bits per heavy atom. The Hall–Kier alpha value is -10.9. The predicted molar refractivity (Wildman–Crippen MR) is 229 cm³/mol. The summed E-state index contributed by atoms with van der Waals surface area (Å²) >= 11 is 0. The van der Waals surface area contributed by atoms with Crippen molar-refractivity contribution in [1.29, 1.82) is 0 Å². The fraction of sp³-hybridized carbons (Fsp3) is 0. The van der Waals surface area contributed by atoms with Crippen LogP contribution >= 0.6 is 0 Å². The fourth-order valence-corrected chi connectivity index (χ4v) is 9.16. The van der Waals surface area contributed by atoms with Crippen molar-refractivity contribution in [3.63, 3.8) is 0 Å². The van der Waals surface area contributed by atoms with E-state index in [1.165, 1.54) is 0 Å². The van der Waals surface area contributed by atoms with Gasteiger partial charge in [0.15, 0.2) is 86.0 Å². The maximum Gasteiger partial charge on any atom is 0.212 e. The van der Waals surface area contributed by atoms with Crippen LogP contribution in [0.25, 0.3) is 104 Å². The molecule has 11 aromatic rings. The van der Waals surface area contributed by atoms with Crippen LogP contribution in [-0.4, -0.2) is 132 Å². The van der Waals surface area contributed by atoms with Gasteiger partial charge in [0.25, 0.3) is 0 Å². The van der Waals surface area contributed by atoms with E-state index in [4.69, 9.17) is 4.42 Å². The van der Waals surface area contributed by atoms with E-state index in [1.807, 2.05) is 0 Å². The highest BCUT2D eigenvalue weighted by Crippen LogP contribution is 2.66. The maximum absolute atomic E-state index is 12.2. The van der Waals surface area contributed by atoms with Gasteiger partial charge < -0.3 is 122 Å². The summed E-state index contributed by atoms with van der Waals surface area (Å²) in [5.74, 6) is -34.8. The molecular formula is C42H23N3O24. The molecule has 3 heterocycles. The summed E-state index contributed by atoms with van der Waals surface area (Å²) < 4.78 is 6.48. The Kier molecular flexibility index (Phi) is 7.27. The summed E-state index contributed by atoms with van der Waals surface area (Å²) in [5, 5.41) is 251. The number of aromatic hydroxyl groups is 23. The first-order valence-electron chi connectivity index (χ1n) is 18.9. The molecule has 2 bridgehead atoms. The molecule has 0 aliphatic heterocycles. The lowest BCUT2D eigenvalue weighted by atomic mass is 9.96. The van der Waals surface area contributed by atoms with Gasteiger partial charge in [-0.05, 0) is 0 Å². The van der Waals surface area contributed by atoms with E-state index in [1.54, 1.807) is 0 Å².